The molecule has 2 aromatic carbocycles. The van der Waals surface area contributed by atoms with E-state index in [0.717, 1.165) is 28.0 Å². The van der Waals surface area contributed by atoms with E-state index in [-0.39, 0.29) is 11.3 Å². The minimum absolute atomic E-state index is 0.0832. The number of fused-ring (bicyclic) bond motifs is 1. The molecule has 0 bridgehead atoms. The highest BCUT2D eigenvalue weighted by Gasteiger charge is 2.20. The topological polar surface area (TPSA) is 87.4 Å². The molecule has 2 heterocycles. The number of nitrogens with zero attached hydrogens (tertiary/aromatic N) is 2. The molecule has 27 heavy (non-hydrogen) atoms. The Hall–Kier alpha value is -3.74. The number of para-hydroxylation sites is 1. The highest BCUT2D eigenvalue weighted by atomic mass is 19.1. The van der Waals surface area contributed by atoms with Crippen molar-refractivity contribution in [1.82, 2.24) is 9.55 Å². The van der Waals surface area contributed by atoms with Crippen LogP contribution in [0.3, 0.4) is 0 Å². The van der Waals surface area contributed by atoms with Crippen LogP contribution in [0.15, 0.2) is 63.1 Å². The lowest BCUT2D eigenvalue weighted by Crippen LogP contribution is -2.30. The first kappa shape index (κ1) is 16.7. The molecular weight excluding hydrogens is 349 g/mol. The molecule has 0 radical (unpaired) electrons. The zero-order valence-electron chi connectivity index (χ0n) is 14.2. The van der Waals surface area contributed by atoms with Gasteiger partial charge in [-0.25, -0.2) is 13.8 Å². The molecule has 2 N–H and O–H groups in total. The molecule has 7 heteroatoms. The zero-order valence-corrected chi connectivity index (χ0v) is 14.2. The van der Waals surface area contributed by atoms with E-state index in [4.69, 9.17) is 0 Å². The predicted molar refractivity (Wildman–Crippen MR) is 101 cm³/mol. The normalized spacial score (nSPS) is 14.3. The van der Waals surface area contributed by atoms with Gasteiger partial charge in [-0.15, -0.1) is 0 Å². The van der Waals surface area contributed by atoms with Crippen molar-refractivity contribution in [2.75, 3.05) is 0 Å². The van der Waals surface area contributed by atoms with E-state index >= 15 is 0 Å². The molecule has 0 fully saturated rings. The molecule has 134 valence electrons. The van der Waals surface area contributed by atoms with Gasteiger partial charge in [0.05, 0.1) is 11.4 Å². The van der Waals surface area contributed by atoms with Crippen molar-refractivity contribution in [3.05, 3.63) is 86.3 Å². The van der Waals surface area contributed by atoms with Crippen molar-refractivity contribution in [3.63, 3.8) is 0 Å². The number of halogens is 1. The first-order valence-corrected chi connectivity index (χ1v) is 8.16. The van der Waals surface area contributed by atoms with Crippen LogP contribution in [0.2, 0.25) is 0 Å². The summed E-state index contributed by atoms with van der Waals surface area (Å²) in [5, 5.41) is 10.6. The molecule has 0 unspecified atom stereocenters. The predicted octanol–water partition coefficient (Wildman–Crippen LogP) is 3.02. The number of H-pyrrole nitrogens is 1. The molecule has 1 aromatic heterocycles. The first-order chi connectivity index (χ1) is 13.0. The van der Waals surface area contributed by atoms with Crippen LogP contribution < -0.4 is 11.2 Å². The van der Waals surface area contributed by atoms with Crippen molar-refractivity contribution in [3.8, 4) is 11.6 Å². The first-order valence-electron chi connectivity index (χ1n) is 8.16. The number of aromatic amines is 1. The highest BCUT2D eigenvalue weighted by molar-refractivity contribution is 6.31. The van der Waals surface area contributed by atoms with Crippen LogP contribution in [0.25, 0.3) is 17.3 Å². The summed E-state index contributed by atoms with van der Waals surface area (Å²) in [5.41, 5.74) is 1.57. The summed E-state index contributed by atoms with van der Waals surface area (Å²) in [7, 11) is 0. The number of hydrogen-bond acceptors (Lipinski definition) is 4. The van der Waals surface area contributed by atoms with Gasteiger partial charge < -0.3 is 5.11 Å². The van der Waals surface area contributed by atoms with Crippen LogP contribution in [0.5, 0.6) is 5.88 Å². The number of aromatic nitrogens is 2. The van der Waals surface area contributed by atoms with Gasteiger partial charge >= 0.3 is 5.69 Å². The minimum atomic E-state index is -0.816. The van der Waals surface area contributed by atoms with Gasteiger partial charge in [-0.3, -0.25) is 14.8 Å². The maximum Gasteiger partial charge on any atom is 0.335 e. The third-order valence-corrected chi connectivity index (χ3v) is 4.37. The van der Waals surface area contributed by atoms with E-state index in [2.05, 4.69) is 9.98 Å². The molecule has 0 spiro atoms. The largest absolute Gasteiger partial charge is 0.494 e. The number of allylic oxidation sites excluding steroid dienone is 1. The average Bonchev–Trinajstić information content (AvgIpc) is 2.95. The van der Waals surface area contributed by atoms with Crippen LogP contribution in [0.1, 0.15) is 18.1 Å². The smallest absolute Gasteiger partial charge is 0.335 e. The van der Waals surface area contributed by atoms with E-state index in [1.54, 1.807) is 6.92 Å². The third-order valence-electron chi connectivity index (χ3n) is 4.37. The number of aromatic hydroxyl groups is 1. The Kier molecular flexibility index (Phi) is 3.84. The molecule has 1 aliphatic heterocycles. The number of hydrogen-bond donors (Lipinski definition) is 2. The molecular formula is C20H14FN3O3. The average molecular weight is 363 g/mol. The Morgan fingerprint density at radius 3 is 2.56 bits per heavy atom. The molecule has 4 rings (SSSR count). The number of benzene rings is 2. The summed E-state index contributed by atoms with van der Waals surface area (Å²) in [6, 6.07) is 12.4. The van der Waals surface area contributed by atoms with Crippen molar-refractivity contribution in [2.24, 2.45) is 4.99 Å². The van der Waals surface area contributed by atoms with Gasteiger partial charge in [0.15, 0.2) is 0 Å². The van der Waals surface area contributed by atoms with Gasteiger partial charge in [-0.1, -0.05) is 18.2 Å². The molecule has 0 aliphatic carbocycles. The van der Waals surface area contributed by atoms with E-state index in [9.17, 15) is 19.1 Å². The van der Waals surface area contributed by atoms with Crippen molar-refractivity contribution in [1.29, 1.82) is 0 Å². The van der Waals surface area contributed by atoms with Gasteiger partial charge in [-0.2, -0.15) is 0 Å². The fourth-order valence-corrected chi connectivity index (χ4v) is 3.06. The van der Waals surface area contributed by atoms with Gasteiger partial charge in [0.1, 0.15) is 11.4 Å². The summed E-state index contributed by atoms with van der Waals surface area (Å²) < 4.78 is 14.1. The summed E-state index contributed by atoms with van der Waals surface area (Å²) in [6.07, 6.45) is 1.50. The van der Waals surface area contributed by atoms with E-state index < -0.39 is 22.9 Å². The molecule has 6 nitrogen and oxygen atoms in total. The monoisotopic (exact) mass is 363 g/mol. The molecule has 0 atom stereocenters. The third kappa shape index (κ3) is 2.79. The van der Waals surface area contributed by atoms with Crippen molar-refractivity contribution in [2.45, 2.75) is 6.92 Å². The van der Waals surface area contributed by atoms with Crippen LogP contribution >= 0.6 is 0 Å². The second-order valence-corrected chi connectivity index (χ2v) is 6.08. The standard InChI is InChI=1S/C20H14FN3O3/c1-11-15(14-4-2-3-5-17(14)22-11)10-16-18(25)23-20(27)24(19(16)26)13-8-6-12(21)7-9-13/h2-10,26H,1H3,(H,23,25,27)/b15-10-. The lowest BCUT2D eigenvalue weighted by atomic mass is 10.0. The van der Waals surface area contributed by atoms with Crippen LogP contribution in [0.4, 0.5) is 10.1 Å². The van der Waals surface area contributed by atoms with E-state index in [1.807, 2.05) is 24.3 Å². The van der Waals surface area contributed by atoms with Crippen molar-refractivity contribution < 1.29 is 9.50 Å². The second-order valence-electron chi connectivity index (χ2n) is 6.08. The van der Waals surface area contributed by atoms with Crippen LogP contribution in [-0.2, 0) is 0 Å². The van der Waals surface area contributed by atoms with Gasteiger partial charge in [0, 0.05) is 16.8 Å². The lowest BCUT2D eigenvalue weighted by molar-refractivity contribution is 0.429. The summed E-state index contributed by atoms with van der Waals surface area (Å²) >= 11 is 0. The number of nitrogens with one attached hydrogen (secondary N) is 1. The van der Waals surface area contributed by atoms with E-state index in [1.165, 1.54) is 18.2 Å². The summed E-state index contributed by atoms with van der Waals surface area (Å²) in [5.74, 6) is -1.01. The molecule has 0 saturated carbocycles. The molecule has 1 aliphatic rings. The lowest BCUT2D eigenvalue weighted by Gasteiger charge is -2.10. The van der Waals surface area contributed by atoms with Gasteiger partial charge in [0.2, 0.25) is 5.88 Å². The Morgan fingerprint density at radius 1 is 1.11 bits per heavy atom. The van der Waals surface area contributed by atoms with Crippen molar-refractivity contribution >= 4 is 23.0 Å². The molecule has 0 amide bonds. The summed E-state index contributed by atoms with van der Waals surface area (Å²) in [4.78, 5) is 31.2. The SMILES string of the molecule is CC1=Nc2ccccc2/C1=C\c1c(O)n(-c2ccc(F)cc2)c(=O)[nH]c1=O. The van der Waals surface area contributed by atoms with Gasteiger partial charge in [0.25, 0.3) is 5.56 Å². The maximum atomic E-state index is 13.2. The fraction of sp³-hybridized carbons (Fsp3) is 0.0500. The fourth-order valence-electron chi connectivity index (χ4n) is 3.06. The Bertz CT molecular complexity index is 1230. The Morgan fingerprint density at radius 2 is 1.81 bits per heavy atom. The van der Waals surface area contributed by atoms with Crippen LogP contribution in [-0.4, -0.2) is 20.4 Å². The maximum absolute atomic E-state index is 13.2. The number of rotatable bonds is 2. The zero-order chi connectivity index (χ0) is 19.1. The summed E-state index contributed by atoms with van der Waals surface area (Å²) in [6.45, 7) is 1.80. The van der Waals surface area contributed by atoms with E-state index in [0.29, 0.717) is 11.3 Å². The quantitative estimate of drug-likeness (QED) is 0.734. The Balaban J connectivity index is 1.94. The Labute approximate surface area is 152 Å². The van der Waals surface area contributed by atoms with Crippen LogP contribution in [0, 0.1) is 5.82 Å². The van der Waals surface area contributed by atoms with Gasteiger partial charge in [-0.05, 0) is 43.3 Å². The minimum Gasteiger partial charge on any atom is -0.494 e. The number of aliphatic imine (C=N–C) groups is 1. The molecule has 3 aromatic rings. The highest BCUT2D eigenvalue weighted by Crippen LogP contribution is 2.36. The second kappa shape index (κ2) is 6.21. The molecule has 0 saturated heterocycles.